The first-order valence-corrected chi connectivity index (χ1v) is 8.42. The van der Waals surface area contributed by atoms with Crippen molar-refractivity contribution < 1.29 is 0 Å². The summed E-state index contributed by atoms with van der Waals surface area (Å²) >= 11 is 31.0. The molecule has 1 heterocycles. The smallest absolute Gasteiger partial charge is 0.136 e. The molecule has 1 nitrogen and oxygen atoms in total. The molecule has 0 spiro atoms. The number of hydrogen-bond acceptors (Lipinski definition) is 1. The second-order valence-corrected chi connectivity index (χ2v) is 6.69. The number of nitrogens with zero attached hydrogens (tertiary/aromatic N) is 1. The summed E-state index contributed by atoms with van der Waals surface area (Å²) in [6.45, 7) is 0. The van der Waals surface area contributed by atoms with Crippen LogP contribution in [-0.2, 0) is 0 Å². The second-order valence-electron chi connectivity index (χ2n) is 4.77. The number of halogens is 5. The molecular weight excluding hydrogens is 395 g/mol. The van der Waals surface area contributed by atoms with Gasteiger partial charge >= 0.3 is 0 Å². The van der Waals surface area contributed by atoms with Crippen molar-refractivity contribution in [2.45, 2.75) is 0 Å². The van der Waals surface area contributed by atoms with Gasteiger partial charge in [-0.3, -0.25) is 0 Å². The van der Waals surface area contributed by atoms with E-state index >= 15 is 0 Å². The molecule has 0 fully saturated rings. The predicted molar refractivity (Wildman–Crippen MR) is 100 cm³/mol. The molecule has 2 aromatic carbocycles. The van der Waals surface area contributed by atoms with Gasteiger partial charge in [0.2, 0.25) is 0 Å². The van der Waals surface area contributed by atoms with Crippen LogP contribution in [0, 0.1) is 0 Å². The summed E-state index contributed by atoms with van der Waals surface area (Å²) in [5.41, 5.74) is 2.93. The van der Waals surface area contributed by atoms with Crippen LogP contribution in [0.1, 0.15) is 0 Å². The van der Waals surface area contributed by atoms with Crippen LogP contribution in [0.2, 0.25) is 25.2 Å². The van der Waals surface area contributed by atoms with Gasteiger partial charge in [-0.1, -0.05) is 82.3 Å². The first kappa shape index (κ1) is 16.9. The first-order chi connectivity index (χ1) is 11.0. The number of aromatic nitrogens is 1. The fourth-order valence-corrected chi connectivity index (χ4v) is 3.24. The van der Waals surface area contributed by atoms with Crippen molar-refractivity contribution in [2.24, 2.45) is 0 Å². The minimum atomic E-state index is 0.330. The van der Waals surface area contributed by atoms with Crippen LogP contribution >= 0.6 is 58.0 Å². The molecule has 116 valence electrons. The van der Waals surface area contributed by atoms with Crippen molar-refractivity contribution in [3.63, 3.8) is 0 Å². The summed E-state index contributed by atoms with van der Waals surface area (Å²) in [5.74, 6) is 0. The molecule has 0 saturated heterocycles. The normalized spacial score (nSPS) is 10.8. The lowest BCUT2D eigenvalue weighted by Gasteiger charge is -2.11. The molecule has 0 atom stereocenters. The summed E-state index contributed by atoms with van der Waals surface area (Å²) in [6, 6.07) is 12.6. The monoisotopic (exact) mass is 401 g/mol. The van der Waals surface area contributed by atoms with E-state index in [1.807, 2.05) is 24.3 Å². The van der Waals surface area contributed by atoms with Crippen molar-refractivity contribution in [3.8, 4) is 22.3 Å². The Bertz CT molecular complexity index is 892. The zero-order valence-electron chi connectivity index (χ0n) is 11.5. The fourth-order valence-electron chi connectivity index (χ4n) is 2.22. The third-order valence-corrected chi connectivity index (χ3v) is 5.28. The zero-order valence-corrected chi connectivity index (χ0v) is 15.2. The Morgan fingerprint density at radius 3 is 1.87 bits per heavy atom. The molecule has 0 saturated carbocycles. The lowest BCUT2D eigenvalue weighted by molar-refractivity contribution is 1.33. The molecule has 0 N–H and O–H groups in total. The summed E-state index contributed by atoms with van der Waals surface area (Å²) in [4.78, 5) is 4.24. The van der Waals surface area contributed by atoms with Gasteiger partial charge in [0.15, 0.2) is 0 Å². The third-order valence-electron chi connectivity index (χ3n) is 3.34. The second kappa shape index (κ2) is 6.88. The van der Waals surface area contributed by atoms with Crippen molar-refractivity contribution in [1.29, 1.82) is 0 Å². The quantitative estimate of drug-likeness (QED) is 0.400. The molecule has 0 unspecified atom stereocenters. The van der Waals surface area contributed by atoms with E-state index in [1.165, 1.54) is 0 Å². The summed E-state index contributed by atoms with van der Waals surface area (Å²) < 4.78 is 0. The average molecular weight is 404 g/mol. The van der Waals surface area contributed by atoms with Crippen LogP contribution in [-0.4, -0.2) is 4.98 Å². The highest BCUT2D eigenvalue weighted by atomic mass is 35.5. The zero-order chi connectivity index (χ0) is 16.6. The van der Waals surface area contributed by atoms with Gasteiger partial charge in [-0.25, -0.2) is 4.98 Å². The van der Waals surface area contributed by atoms with E-state index in [0.717, 1.165) is 11.1 Å². The molecule has 3 aromatic rings. The molecule has 0 amide bonds. The number of benzene rings is 2. The van der Waals surface area contributed by atoms with Crippen molar-refractivity contribution in [3.05, 3.63) is 73.9 Å². The molecular formula is C17H8Cl5N. The Kier molecular flexibility index (Phi) is 5.05. The lowest BCUT2D eigenvalue weighted by atomic mass is 10.0. The first-order valence-electron chi connectivity index (χ1n) is 6.53. The summed E-state index contributed by atoms with van der Waals surface area (Å²) in [7, 11) is 0. The molecule has 6 heteroatoms. The maximum Gasteiger partial charge on any atom is 0.136 e. The molecule has 0 aliphatic carbocycles. The van der Waals surface area contributed by atoms with Gasteiger partial charge < -0.3 is 0 Å². The molecule has 0 bridgehead atoms. The molecule has 0 aliphatic rings. The van der Waals surface area contributed by atoms with E-state index in [2.05, 4.69) is 4.98 Å². The van der Waals surface area contributed by atoms with Crippen LogP contribution in [0.5, 0.6) is 0 Å². The van der Waals surface area contributed by atoms with Crippen LogP contribution in [0.3, 0.4) is 0 Å². The van der Waals surface area contributed by atoms with Crippen molar-refractivity contribution in [1.82, 2.24) is 4.98 Å². The van der Waals surface area contributed by atoms with Crippen LogP contribution in [0.4, 0.5) is 0 Å². The minimum absolute atomic E-state index is 0.330. The Morgan fingerprint density at radius 1 is 0.652 bits per heavy atom. The molecule has 0 radical (unpaired) electrons. The molecule has 1 aromatic heterocycles. The van der Waals surface area contributed by atoms with Crippen molar-refractivity contribution in [2.75, 3.05) is 0 Å². The Labute approximate surface area is 158 Å². The molecule has 3 rings (SSSR count). The lowest BCUT2D eigenvalue weighted by Crippen LogP contribution is -1.89. The van der Waals surface area contributed by atoms with E-state index in [9.17, 15) is 0 Å². The van der Waals surface area contributed by atoms with Gasteiger partial charge in [0.25, 0.3) is 0 Å². The highest BCUT2D eigenvalue weighted by Crippen LogP contribution is 2.40. The van der Waals surface area contributed by atoms with E-state index in [0.29, 0.717) is 36.4 Å². The third kappa shape index (κ3) is 3.31. The summed E-state index contributed by atoms with van der Waals surface area (Å²) in [5, 5.41) is 2.14. The van der Waals surface area contributed by atoms with Gasteiger partial charge in [-0.2, -0.15) is 0 Å². The van der Waals surface area contributed by atoms with E-state index in [1.54, 1.807) is 24.4 Å². The van der Waals surface area contributed by atoms with Gasteiger partial charge in [-0.05, 0) is 18.2 Å². The average Bonchev–Trinajstić information content (AvgIpc) is 2.54. The standard InChI is InChI=1S/C17H8Cl5N/c18-13-5-1-3-10(15(13)20)9-7-12(17(22)23-8-9)11-4-2-6-14(19)16(11)21/h1-8H. The van der Waals surface area contributed by atoms with Crippen LogP contribution in [0.15, 0.2) is 48.7 Å². The number of pyridine rings is 1. The SMILES string of the molecule is Clc1cccc(-c2cnc(Cl)c(-c3cccc(Cl)c3Cl)c2)c1Cl. The number of hydrogen-bond donors (Lipinski definition) is 0. The highest BCUT2D eigenvalue weighted by molar-refractivity contribution is 6.44. The maximum atomic E-state index is 6.29. The largest absolute Gasteiger partial charge is 0.243 e. The van der Waals surface area contributed by atoms with E-state index < -0.39 is 0 Å². The Balaban J connectivity index is 2.21. The maximum absolute atomic E-state index is 6.29. The fraction of sp³-hybridized carbons (Fsp3) is 0. The van der Waals surface area contributed by atoms with Crippen LogP contribution < -0.4 is 0 Å². The molecule has 0 aliphatic heterocycles. The van der Waals surface area contributed by atoms with E-state index in [-0.39, 0.29) is 0 Å². The molecule has 23 heavy (non-hydrogen) atoms. The van der Waals surface area contributed by atoms with Gasteiger partial charge in [0, 0.05) is 28.5 Å². The van der Waals surface area contributed by atoms with Crippen molar-refractivity contribution >= 4 is 58.0 Å². The summed E-state index contributed by atoms with van der Waals surface area (Å²) in [6.07, 6.45) is 1.64. The Morgan fingerprint density at radius 2 is 1.22 bits per heavy atom. The predicted octanol–water partition coefficient (Wildman–Crippen LogP) is 7.68. The van der Waals surface area contributed by atoms with Gasteiger partial charge in [-0.15, -0.1) is 0 Å². The minimum Gasteiger partial charge on any atom is -0.243 e. The topological polar surface area (TPSA) is 12.9 Å². The number of rotatable bonds is 2. The highest BCUT2D eigenvalue weighted by Gasteiger charge is 2.14. The van der Waals surface area contributed by atoms with Gasteiger partial charge in [0.1, 0.15) is 5.15 Å². The Hall–Kier alpha value is -0.960. The van der Waals surface area contributed by atoms with Gasteiger partial charge in [0.05, 0.1) is 20.1 Å². The van der Waals surface area contributed by atoms with Crippen LogP contribution in [0.25, 0.3) is 22.3 Å². The van der Waals surface area contributed by atoms with E-state index in [4.69, 9.17) is 58.0 Å².